The zero-order chi connectivity index (χ0) is 17.2. The number of guanidine groups is 1. The molecule has 1 aliphatic heterocycles. The Morgan fingerprint density at radius 1 is 1.36 bits per heavy atom. The lowest BCUT2D eigenvalue weighted by Crippen LogP contribution is -2.36. The van der Waals surface area contributed by atoms with Gasteiger partial charge in [0.25, 0.3) is 0 Å². The molecule has 0 saturated carbocycles. The van der Waals surface area contributed by atoms with Gasteiger partial charge in [-0.05, 0) is 51.5 Å². The summed E-state index contributed by atoms with van der Waals surface area (Å²) in [4.78, 5) is 9.35. The van der Waals surface area contributed by atoms with Crippen molar-refractivity contribution in [1.29, 1.82) is 0 Å². The van der Waals surface area contributed by atoms with Gasteiger partial charge in [0.1, 0.15) is 0 Å². The first kappa shape index (κ1) is 22.2. The molecule has 1 atom stereocenters. The number of nitrogens with one attached hydrogen (secondary N) is 1. The van der Waals surface area contributed by atoms with Crippen LogP contribution in [-0.2, 0) is 6.54 Å². The van der Waals surface area contributed by atoms with Gasteiger partial charge in [0, 0.05) is 19.1 Å². The number of aliphatic imine (C=N–C) groups is 1. The standard InChI is InChI=1S/C19H33N5.HI/c1-3-24-14-7-11-18(24)15-22-19(20)21-12-8-13-23(2)16-17-9-5-4-6-10-17;/h4-6,9-10,18H,3,7-8,11-16H2,1-2H3,(H3,20,21,22);1H. The van der Waals surface area contributed by atoms with Gasteiger partial charge in [0.05, 0.1) is 6.54 Å². The van der Waals surface area contributed by atoms with Gasteiger partial charge in [-0.2, -0.15) is 0 Å². The summed E-state index contributed by atoms with van der Waals surface area (Å²) in [5, 5.41) is 3.24. The Labute approximate surface area is 170 Å². The molecule has 0 radical (unpaired) electrons. The molecular formula is C19H34IN5. The zero-order valence-electron chi connectivity index (χ0n) is 15.7. The molecule has 2 rings (SSSR count). The summed E-state index contributed by atoms with van der Waals surface area (Å²) in [5.41, 5.74) is 7.34. The second-order valence-electron chi connectivity index (χ2n) is 6.65. The van der Waals surface area contributed by atoms with E-state index in [4.69, 9.17) is 5.73 Å². The molecule has 1 unspecified atom stereocenters. The van der Waals surface area contributed by atoms with Crippen molar-refractivity contribution in [1.82, 2.24) is 15.1 Å². The van der Waals surface area contributed by atoms with Gasteiger partial charge < -0.3 is 16.0 Å². The monoisotopic (exact) mass is 459 g/mol. The smallest absolute Gasteiger partial charge is 0.188 e. The Morgan fingerprint density at radius 2 is 2.12 bits per heavy atom. The summed E-state index contributed by atoms with van der Waals surface area (Å²) in [6.45, 7) is 8.26. The molecule has 3 N–H and O–H groups in total. The quantitative estimate of drug-likeness (QED) is 0.258. The van der Waals surface area contributed by atoms with Crippen LogP contribution in [0.5, 0.6) is 0 Å². The molecule has 1 heterocycles. The van der Waals surface area contributed by atoms with Crippen molar-refractivity contribution < 1.29 is 0 Å². The summed E-state index contributed by atoms with van der Waals surface area (Å²) in [7, 11) is 2.16. The highest BCUT2D eigenvalue weighted by molar-refractivity contribution is 14.0. The average Bonchev–Trinajstić information content (AvgIpc) is 3.05. The van der Waals surface area contributed by atoms with E-state index in [-0.39, 0.29) is 24.0 Å². The molecule has 1 aromatic carbocycles. The zero-order valence-corrected chi connectivity index (χ0v) is 18.0. The topological polar surface area (TPSA) is 56.9 Å². The van der Waals surface area contributed by atoms with Gasteiger partial charge in [-0.3, -0.25) is 9.89 Å². The highest BCUT2D eigenvalue weighted by Crippen LogP contribution is 2.16. The fourth-order valence-corrected chi connectivity index (χ4v) is 3.32. The minimum atomic E-state index is 0. The Hall–Kier alpha value is -0.860. The first-order valence-corrected chi connectivity index (χ1v) is 9.19. The third-order valence-corrected chi connectivity index (χ3v) is 4.70. The number of hydrogen-bond acceptors (Lipinski definition) is 3. The first-order valence-electron chi connectivity index (χ1n) is 9.19. The SMILES string of the molecule is CCN1CCCC1CN=C(N)NCCCN(C)Cc1ccccc1.I. The molecule has 1 aromatic rings. The Kier molecular flexibility index (Phi) is 11.1. The van der Waals surface area contributed by atoms with E-state index >= 15 is 0 Å². The lowest BCUT2D eigenvalue weighted by Gasteiger charge is -2.21. The number of hydrogen-bond donors (Lipinski definition) is 2. The first-order chi connectivity index (χ1) is 11.7. The van der Waals surface area contributed by atoms with E-state index < -0.39 is 0 Å². The van der Waals surface area contributed by atoms with Gasteiger partial charge in [0.15, 0.2) is 5.96 Å². The molecule has 0 spiro atoms. The summed E-state index contributed by atoms with van der Waals surface area (Å²) in [6.07, 6.45) is 3.59. The van der Waals surface area contributed by atoms with Crippen LogP contribution in [0, 0.1) is 0 Å². The van der Waals surface area contributed by atoms with Crippen molar-refractivity contribution >= 4 is 29.9 Å². The van der Waals surface area contributed by atoms with Gasteiger partial charge in [0.2, 0.25) is 0 Å². The Morgan fingerprint density at radius 3 is 2.84 bits per heavy atom. The molecule has 1 fully saturated rings. The van der Waals surface area contributed by atoms with E-state index in [9.17, 15) is 0 Å². The molecule has 0 amide bonds. The van der Waals surface area contributed by atoms with E-state index in [1.807, 2.05) is 0 Å². The number of nitrogens with two attached hydrogens (primary N) is 1. The van der Waals surface area contributed by atoms with Crippen LogP contribution in [-0.4, -0.2) is 61.6 Å². The molecule has 5 nitrogen and oxygen atoms in total. The maximum absolute atomic E-state index is 5.99. The van der Waals surface area contributed by atoms with Crippen LogP contribution in [0.3, 0.4) is 0 Å². The van der Waals surface area contributed by atoms with Gasteiger partial charge in [-0.25, -0.2) is 0 Å². The number of likely N-dealkylation sites (tertiary alicyclic amines) is 1. The maximum Gasteiger partial charge on any atom is 0.188 e. The normalized spacial score (nSPS) is 18.4. The molecule has 0 bridgehead atoms. The number of rotatable bonds is 9. The van der Waals surface area contributed by atoms with Crippen molar-refractivity contribution in [3.63, 3.8) is 0 Å². The maximum atomic E-state index is 5.99. The molecule has 0 aromatic heterocycles. The molecule has 1 aliphatic rings. The van der Waals surface area contributed by atoms with E-state index in [1.165, 1.54) is 24.9 Å². The fourth-order valence-electron chi connectivity index (χ4n) is 3.32. The van der Waals surface area contributed by atoms with Gasteiger partial charge in [-0.15, -0.1) is 24.0 Å². The Balaban J connectivity index is 0.00000312. The molecule has 0 aliphatic carbocycles. The van der Waals surface area contributed by atoms with Crippen LogP contribution in [0.1, 0.15) is 31.7 Å². The summed E-state index contributed by atoms with van der Waals surface area (Å²) in [5.74, 6) is 0.587. The lowest BCUT2D eigenvalue weighted by atomic mass is 10.2. The van der Waals surface area contributed by atoms with E-state index in [0.717, 1.165) is 39.1 Å². The third-order valence-electron chi connectivity index (χ3n) is 4.70. The molecule has 142 valence electrons. The largest absolute Gasteiger partial charge is 0.370 e. The number of nitrogens with zero attached hydrogens (tertiary/aromatic N) is 3. The predicted molar refractivity (Wildman–Crippen MR) is 118 cm³/mol. The van der Waals surface area contributed by atoms with Gasteiger partial charge >= 0.3 is 0 Å². The number of benzene rings is 1. The highest BCUT2D eigenvalue weighted by atomic mass is 127. The van der Waals surface area contributed by atoms with E-state index in [1.54, 1.807) is 0 Å². The molecular weight excluding hydrogens is 425 g/mol. The Bertz CT molecular complexity index is 494. The summed E-state index contributed by atoms with van der Waals surface area (Å²) >= 11 is 0. The highest BCUT2D eigenvalue weighted by Gasteiger charge is 2.22. The van der Waals surface area contributed by atoms with Crippen molar-refractivity contribution in [2.75, 3.05) is 39.8 Å². The average molecular weight is 459 g/mol. The number of likely N-dealkylation sites (N-methyl/N-ethyl adjacent to an activating group) is 1. The van der Waals surface area contributed by atoms with Crippen LogP contribution in [0.4, 0.5) is 0 Å². The van der Waals surface area contributed by atoms with Crippen molar-refractivity contribution in [2.24, 2.45) is 10.7 Å². The second kappa shape index (κ2) is 12.5. The van der Waals surface area contributed by atoms with Gasteiger partial charge in [-0.1, -0.05) is 37.3 Å². The third kappa shape index (κ3) is 8.37. The fraction of sp³-hybridized carbons (Fsp3) is 0.632. The summed E-state index contributed by atoms with van der Waals surface area (Å²) in [6, 6.07) is 11.1. The summed E-state index contributed by atoms with van der Waals surface area (Å²) < 4.78 is 0. The second-order valence-corrected chi connectivity index (χ2v) is 6.65. The number of halogens is 1. The van der Waals surface area contributed by atoms with E-state index in [0.29, 0.717) is 12.0 Å². The van der Waals surface area contributed by atoms with Crippen LogP contribution in [0.25, 0.3) is 0 Å². The minimum absolute atomic E-state index is 0. The van der Waals surface area contributed by atoms with Crippen molar-refractivity contribution in [3.8, 4) is 0 Å². The van der Waals surface area contributed by atoms with Crippen molar-refractivity contribution in [2.45, 2.75) is 38.8 Å². The van der Waals surface area contributed by atoms with Crippen LogP contribution < -0.4 is 11.1 Å². The molecule has 1 saturated heterocycles. The van der Waals surface area contributed by atoms with E-state index in [2.05, 4.69) is 64.4 Å². The minimum Gasteiger partial charge on any atom is -0.370 e. The lowest BCUT2D eigenvalue weighted by molar-refractivity contribution is 0.273. The molecule has 6 heteroatoms. The molecule has 25 heavy (non-hydrogen) atoms. The predicted octanol–water partition coefficient (Wildman–Crippen LogP) is 2.52. The van der Waals surface area contributed by atoms with Crippen LogP contribution in [0.2, 0.25) is 0 Å². The van der Waals surface area contributed by atoms with Crippen LogP contribution >= 0.6 is 24.0 Å². The van der Waals surface area contributed by atoms with Crippen LogP contribution in [0.15, 0.2) is 35.3 Å². The van der Waals surface area contributed by atoms with Crippen molar-refractivity contribution in [3.05, 3.63) is 35.9 Å².